The molecule has 0 aliphatic carbocycles. The van der Waals surface area contributed by atoms with Crippen molar-refractivity contribution in [3.05, 3.63) is 53.1 Å². The van der Waals surface area contributed by atoms with E-state index in [1.807, 2.05) is 32.0 Å². The third kappa shape index (κ3) is 2.91. The largest absolute Gasteiger partial charge is 0.495 e. The minimum atomic E-state index is -0.175. The number of benzene rings is 2. The number of nitrogens with one attached hydrogen (secondary N) is 1. The lowest BCUT2D eigenvalue weighted by Gasteiger charge is -2.12. The average Bonchev–Trinajstić information content (AvgIpc) is 2.38. The smallest absolute Gasteiger partial charge is 0.256 e. The molecule has 0 saturated carbocycles. The first-order valence-electron chi connectivity index (χ1n) is 6.33. The van der Waals surface area contributed by atoms with Crippen molar-refractivity contribution < 1.29 is 9.53 Å². The van der Waals surface area contributed by atoms with Gasteiger partial charge in [-0.3, -0.25) is 4.79 Å². The predicted molar refractivity (Wildman–Crippen MR) is 81.3 cm³/mol. The highest BCUT2D eigenvalue weighted by molar-refractivity contribution is 6.06. The van der Waals surface area contributed by atoms with Crippen LogP contribution in [0.2, 0.25) is 0 Å². The van der Waals surface area contributed by atoms with Crippen molar-refractivity contribution in [2.45, 2.75) is 13.8 Å². The van der Waals surface area contributed by atoms with E-state index < -0.39 is 0 Å². The molecule has 0 aliphatic rings. The third-order valence-electron chi connectivity index (χ3n) is 3.10. The molecule has 20 heavy (non-hydrogen) atoms. The Kier molecular flexibility index (Phi) is 3.94. The van der Waals surface area contributed by atoms with E-state index in [0.29, 0.717) is 22.7 Å². The third-order valence-corrected chi connectivity index (χ3v) is 3.10. The Morgan fingerprint density at radius 2 is 1.90 bits per heavy atom. The lowest BCUT2D eigenvalue weighted by atomic mass is 10.1. The number of aryl methyl sites for hydroxylation is 2. The summed E-state index contributed by atoms with van der Waals surface area (Å²) in [6.07, 6.45) is 0. The van der Waals surface area contributed by atoms with Crippen LogP contribution in [0, 0.1) is 13.8 Å². The van der Waals surface area contributed by atoms with E-state index in [1.54, 1.807) is 25.3 Å². The number of hydrogen-bond acceptors (Lipinski definition) is 3. The van der Waals surface area contributed by atoms with Crippen LogP contribution in [-0.2, 0) is 0 Å². The molecule has 0 aromatic heterocycles. The van der Waals surface area contributed by atoms with Gasteiger partial charge in [-0.25, -0.2) is 0 Å². The first-order valence-corrected chi connectivity index (χ1v) is 6.33. The van der Waals surface area contributed by atoms with Gasteiger partial charge in [0.25, 0.3) is 5.91 Å². The fourth-order valence-electron chi connectivity index (χ4n) is 2.08. The summed E-state index contributed by atoms with van der Waals surface area (Å²) < 4.78 is 5.22. The zero-order chi connectivity index (χ0) is 14.7. The second-order valence-electron chi connectivity index (χ2n) is 4.73. The van der Waals surface area contributed by atoms with Gasteiger partial charge in [0.05, 0.1) is 12.8 Å². The number of carbonyl (C=O) groups is 1. The van der Waals surface area contributed by atoms with E-state index in [4.69, 9.17) is 10.5 Å². The number of ether oxygens (including phenoxy) is 1. The van der Waals surface area contributed by atoms with E-state index >= 15 is 0 Å². The molecule has 0 aliphatic heterocycles. The maximum absolute atomic E-state index is 12.3. The van der Waals surface area contributed by atoms with Crippen molar-refractivity contribution in [2.75, 3.05) is 18.2 Å². The number of nitrogen functional groups attached to an aromatic ring is 1. The fourth-order valence-corrected chi connectivity index (χ4v) is 2.08. The van der Waals surface area contributed by atoms with Gasteiger partial charge in [0.2, 0.25) is 0 Å². The lowest BCUT2D eigenvalue weighted by molar-refractivity contribution is 0.102. The topological polar surface area (TPSA) is 64.3 Å². The van der Waals surface area contributed by atoms with Crippen LogP contribution in [0.15, 0.2) is 36.4 Å². The molecule has 0 bridgehead atoms. The Bertz CT molecular complexity index is 651. The SMILES string of the molecule is COc1ccc(N)cc1NC(=O)c1ccc(C)cc1C. The van der Waals surface area contributed by atoms with Crippen molar-refractivity contribution in [3.8, 4) is 5.75 Å². The normalized spacial score (nSPS) is 10.2. The van der Waals surface area contributed by atoms with Crippen molar-refractivity contribution in [1.29, 1.82) is 0 Å². The summed E-state index contributed by atoms with van der Waals surface area (Å²) in [7, 11) is 1.55. The van der Waals surface area contributed by atoms with Crippen LogP contribution in [0.4, 0.5) is 11.4 Å². The molecular formula is C16H18N2O2. The van der Waals surface area contributed by atoms with Gasteiger partial charge in [-0.05, 0) is 43.7 Å². The molecule has 4 heteroatoms. The number of carbonyl (C=O) groups excluding carboxylic acids is 1. The summed E-state index contributed by atoms with van der Waals surface area (Å²) >= 11 is 0. The van der Waals surface area contributed by atoms with Crippen molar-refractivity contribution >= 4 is 17.3 Å². The second kappa shape index (κ2) is 5.65. The van der Waals surface area contributed by atoms with Crippen LogP contribution in [0.25, 0.3) is 0 Å². The maximum Gasteiger partial charge on any atom is 0.256 e. The standard InChI is InChI=1S/C16H18N2O2/c1-10-4-6-13(11(2)8-10)16(19)18-14-9-12(17)5-7-15(14)20-3/h4-9H,17H2,1-3H3,(H,18,19). The Morgan fingerprint density at radius 3 is 2.55 bits per heavy atom. The lowest BCUT2D eigenvalue weighted by Crippen LogP contribution is -2.14. The molecule has 0 saturated heterocycles. The van der Waals surface area contributed by atoms with E-state index in [1.165, 1.54) is 0 Å². The molecule has 0 radical (unpaired) electrons. The van der Waals surface area contributed by atoms with Crippen molar-refractivity contribution in [1.82, 2.24) is 0 Å². The Morgan fingerprint density at radius 1 is 1.15 bits per heavy atom. The number of rotatable bonds is 3. The molecule has 1 amide bonds. The molecule has 2 rings (SSSR count). The van der Waals surface area contributed by atoms with Crippen molar-refractivity contribution in [3.63, 3.8) is 0 Å². The van der Waals surface area contributed by atoms with Gasteiger partial charge in [-0.1, -0.05) is 17.7 Å². The average molecular weight is 270 g/mol. The number of hydrogen-bond donors (Lipinski definition) is 2. The summed E-state index contributed by atoms with van der Waals surface area (Å²) in [6, 6.07) is 10.8. The monoisotopic (exact) mass is 270 g/mol. The van der Waals surface area contributed by atoms with Gasteiger partial charge >= 0.3 is 0 Å². The molecule has 0 fully saturated rings. The molecule has 2 aromatic rings. The Labute approximate surface area is 118 Å². The zero-order valence-corrected chi connectivity index (χ0v) is 11.9. The van der Waals surface area contributed by atoms with Gasteiger partial charge in [-0.2, -0.15) is 0 Å². The van der Waals surface area contributed by atoms with Gasteiger partial charge in [-0.15, -0.1) is 0 Å². The summed E-state index contributed by atoms with van der Waals surface area (Å²) in [5.41, 5.74) is 9.58. The highest BCUT2D eigenvalue weighted by Gasteiger charge is 2.12. The molecule has 4 nitrogen and oxygen atoms in total. The van der Waals surface area contributed by atoms with E-state index in [-0.39, 0.29) is 5.91 Å². The second-order valence-corrected chi connectivity index (χ2v) is 4.73. The van der Waals surface area contributed by atoms with E-state index in [0.717, 1.165) is 11.1 Å². The Balaban J connectivity index is 2.30. The fraction of sp³-hybridized carbons (Fsp3) is 0.188. The molecule has 104 valence electrons. The van der Waals surface area contributed by atoms with Crippen LogP contribution < -0.4 is 15.8 Å². The molecule has 3 N–H and O–H groups in total. The molecule has 2 aromatic carbocycles. The molecule has 0 heterocycles. The van der Waals surface area contributed by atoms with Gasteiger partial charge < -0.3 is 15.8 Å². The Hall–Kier alpha value is -2.49. The minimum absolute atomic E-state index is 0.175. The van der Waals surface area contributed by atoms with Gasteiger partial charge in [0, 0.05) is 11.3 Å². The first-order chi connectivity index (χ1) is 9.51. The van der Waals surface area contributed by atoms with E-state index in [2.05, 4.69) is 5.32 Å². The quantitative estimate of drug-likeness (QED) is 0.842. The zero-order valence-electron chi connectivity index (χ0n) is 11.9. The highest BCUT2D eigenvalue weighted by Crippen LogP contribution is 2.27. The van der Waals surface area contributed by atoms with Gasteiger partial charge in [0.15, 0.2) is 0 Å². The summed E-state index contributed by atoms with van der Waals surface area (Å²) in [4.78, 5) is 12.3. The van der Waals surface area contributed by atoms with Crippen molar-refractivity contribution in [2.24, 2.45) is 0 Å². The summed E-state index contributed by atoms with van der Waals surface area (Å²) in [6.45, 7) is 3.91. The van der Waals surface area contributed by atoms with Crippen LogP contribution in [-0.4, -0.2) is 13.0 Å². The predicted octanol–water partition coefficient (Wildman–Crippen LogP) is 3.15. The first kappa shape index (κ1) is 13.9. The molecular weight excluding hydrogens is 252 g/mol. The van der Waals surface area contributed by atoms with Crippen LogP contribution >= 0.6 is 0 Å². The van der Waals surface area contributed by atoms with Gasteiger partial charge in [0.1, 0.15) is 5.75 Å². The van der Waals surface area contributed by atoms with E-state index in [9.17, 15) is 4.79 Å². The minimum Gasteiger partial charge on any atom is -0.495 e. The molecule has 0 spiro atoms. The summed E-state index contributed by atoms with van der Waals surface area (Å²) in [5.74, 6) is 0.406. The number of methoxy groups -OCH3 is 1. The molecule has 0 unspecified atom stereocenters. The highest BCUT2D eigenvalue weighted by atomic mass is 16.5. The number of anilines is 2. The van der Waals surface area contributed by atoms with Crippen LogP contribution in [0.1, 0.15) is 21.5 Å². The van der Waals surface area contributed by atoms with Crippen LogP contribution in [0.5, 0.6) is 5.75 Å². The maximum atomic E-state index is 12.3. The summed E-state index contributed by atoms with van der Waals surface area (Å²) in [5, 5.41) is 2.83. The number of amides is 1. The number of nitrogens with two attached hydrogens (primary N) is 1. The molecule has 0 atom stereocenters. The van der Waals surface area contributed by atoms with Crippen LogP contribution in [0.3, 0.4) is 0 Å².